The van der Waals surface area contributed by atoms with Crippen molar-refractivity contribution in [3.05, 3.63) is 40.6 Å². The molecule has 1 heterocycles. The number of fused-ring (bicyclic) bond motifs is 1. The first-order chi connectivity index (χ1) is 7.72. The molecule has 4 nitrogen and oxygen atoms in total. The first-order valence-corrected chi connectivity index (χ1v) is 6.34. The molecule has 0 bridgehead atoms. The molecule has 0 aliphatic rings. The first kappa shape index (κ1) is 11.0. The van der Waals surface area contributed by atoms with Crippen molar-refractivity contribution in [3.63, 3.8) is 0 Å². The second kappa shape index (κ2) is 4.57. The van der Waals surface area contributed by atoms with E-state index in [1.165, 1.54) is 0 Å². The van der Waals surface area contributed by atoms with E-state index < -0.39 is 0 Å². The summed E-state index contributed by atoms with van der Waals surface area (Å²) in [5.74, 6) is 1.04. The van der Waals surface area contributed by atoms with E-state index in [2.05, 4.69) is 10.8 Å². The van der Waals surface area contributed by atoms with E-state index in [1.807, 2.05) is 18.3 Å². The Morgan fingerprint density at radius 2 is 2.25 bits per heavy atom. The molecule has 1 aromatic heterocycles. The second-order valence-electron chi connectivity index (χ2n) is 3.50. The highest BCUT2D eigenvalue weighted by molar-refractivity contribution is 7.98. The summed E-state index contributed by atoms with van der Waals surface area (Å²) < 4.78 is 2.12. The number of nitrogens with zero attached hydrogens (tertiary/aromatic N) is 2. The summed E-state index contributed by atoms with van der Waals surface area (Å²) in [5, 5.41) is 11.5. The van der Waals surface area contributed by atoms with Crippen molar-refractivity contribution in [1.82, 2.24) is 4.57 Å². The van der Waals surface area contributed by atoms with E-state index in [4.69, 9.17) is 0 Å². The highest BCUT2D eigenvalue weighted by atomic mass is 32.2. The lowest BCUT2D eigenvalue weighted by Crippen LogP contribution is -1.97. The summed E-state index contributed by atoms with van der Waals surface area (Å²) in [4.78, 5) is 10.3. The third-order valence-electron chi connectivity index (χ3n) is 2.50. The molecule has 2 rings (SSSR count). The largest absolute Gasteiger partial charge is 0.347 e. The van der Waals surface area contributed by atoms with E-state index in [9.17, 15) is 10.1 Å². The van der Waals surface area contributed by atoms with E-state index in [-0.39, 0.29) is 10.6 Å². The first-order valence-electron chi connectivity index (χ1n) is 4.94. The van der Waals surface area contributed by atoms with Crippen molar-refractivity contribution >= 4 is 28.4 Å². The van der Waals surface area contributed by atoms with E-state index in [0.29, 0.717) is 0 Å². The zero-order chi connectivity index (χ0) is 11.5. The number of nitro benzene ring substituents is 1. The Morgan fingerprint density at radius 3 is 2.94 bits per heavy atom. The average molecular weight is 236 g/mol. The molecule has 84 valence electrons. The summed E-state index contributed by atoms with van der Waals surface area (Å²) in [6.07, 6.45) is 4.04. The fourth-order valence-electron chi connectivity index (χ4n) is 1.69. The SMILES string of the molecule is CSCCn1ccc2cc([N+](=O)[O-])ccc21. The molecular weight excluding hydrogens is 224 g/mol. The van der Waals surface area contributed by atoms with Gasteiger partial charge in [0, 0.05) is 41.5 Å². The van der Waals surface area contributed by atoms with Crippen molar-refractivity contribution in [3.8, 4) is 0 Å². The van der Waals surface area contributed by atoms with Crippen molar-refractivity contribution in [2.24, 2.45) is 0 Å². The molecule has 0 atom stereocenters. The number of rotatable bonds is 4. The smallest absolute Gasteiger partial charge is 0.270 e. The van der Waals surface area contributed by atoms with Crippen LogP contribution in [-0.2, 0) is 6.54 Å². The molecule has 2 aromatic rings. The normalized spacial score (nSPS) is 10.8. The molecule has 0 amide bonds. The zero-order valence-electron chi connectivity index (χ0n) is 8.92. The molecule has 5 heteroatoms. The van der Waals surface area contributed by atoms with Gasteiger partial charge in [0.15, 0.2) is 0 Å². The number of aromatic nitrogens is 1. The number of hydrogen-bond acceptors (Lipinski definition) is 3. The summed E-state index contributed by atoms with van der Waals surface area (Å²) in [6.45, 7) is 0.933. The highest BCUT2D eigenvalue weighted by Gasteiger charge is 2.08. The fraction of sp³-hybridized carbons (Fsp3) is 0.273. The topological polar surface area (TPSA) is 48.1 Å². The van der Waals surface area contributed by atoms with Crippen LogP contribution in [0.15, 0.2) is 30.5 Å². The highest BCUT2D eigenvalue weighted by Crippen LogP contribution is 2.22. The van der Waals surface area contributed by atoms with Crippen LogP contribution in [0.3, 0.4) is 0 Å². The Kier molecular flexibility index (Phi) is 3.14. The molecule has 0 aliphatic carbocycles. The zero-order valence-corrected chi connectivity index (χ0v) is 9.74. The average Bonchev–Trinajstić information content (AvgIpc) is 2.68. The minimum Gasteiger partial charge on any atom is -0.347 e. The van der Waals surface area contributed by atoms with Gasteiger partial charge in [-0.05, 0) is 18.4 Å². The van der Waals surface area contributed by atoms with Crippen molar-refractivity contribution in [1.29, 1.82) is 0 Å². The van der Waals surface area contributed by atoms with Crippen LogP contribution < -0.4 is 0 Å². The van der Waals surface area contributed by atoms with Gasteiger partial charge in [0.2, 0.25) is 0 Å². The lowest BCUT2D eigenvalue weighted by atomic mass is 10.2. The number of nitro groups is 1. The maximum absolute atomic E-state index is 10.6. The molecule has 0 spiro atoms. The number of thioether (sulfide) groups is 1. The predicted octanol–water partition coefficient (Wildman–Crippen LogP) is 2.91. The molecule has 0 N–H and O–H groups in total. The van der Waals surface area contributed by atoms with Crippen molar-refractivity contribution < 1.29 is 4.92 Å². The van der Waals surface area contributed by atoms with E-state index in [0.717, 1.165) is 23.2 Å². The van der Waals surface area contributed by atoms with Crippen LogP contribution in [0.2, 0.25) is 0 Å². The number of hydrogen-bond donors (Lipinski definition) is 0. The van der Waals surface area contributed by atoms with Crippen LogP contribution >= 0.6 is 11.8 Å². The number of aryl methyl sites for hydroxylation is 1. The van der Waals surface area contributed by atoms with Gasteiger partial charge in [-0.2, -0.15) is 11.8 Å². The van der Waals surface area contributed by atoms with E-state index in [1.54, 1.807) is 23.9 Å². The van der Waals surface area contributed by atoms with Crippen LogP contribution in [0.25, 0.3) is 10.9 Å². The maximum Gasteiger partial charge on any atom is 0.270 e. The molecule has 0 fully saturated rings. The Morgan fingerprint density at radius 1 is 1.44 bits per heavy atom. The van der Waals surface area contributed by atoms with Gasteiger partial charge in [0.1, 0.15) is 0 Å². The second-order valence-corrected chi connectivity index (χ2v) is 4.49. The Balaban J connectivity index is 2.38. The van der Waals surface area contributed by atoms with Crippen LogP contribution in [-0.4, -0.2) is 21.5 Å². The fourth-order valence-corrected chi connectivity index (χ4v) is 2.06. The minimum atomic E-state index is -0.362. The third-order valence-corrected chi connectivity index (χ3v) is 3.09. The standard InChI is InChI=1S/C11H12N2O2S/c1-16-7-6-12-5-4-9-8-10(13(14)15)2-3-11(9)12/h2-5,8H,6-7H2,1H3. The van der Waals surface area contributed by atoms with Gasteiger partial charge in [-0.15, -0.1) is 0 Å². The molecule has 0 saturated heterocycles. The van der Waals surface area contributed by atoms with Crippen LogP contribution in [0.4, 0.5) is 5.69 Å². The molecule has 16 heavy (non-hydrogen) atoms. The number of non-ortho nitro benzene ring substituents is 1. The van der Waals surface area contributed by atoms with Gasteiger partial charge in [0.05, 0.1) is 4.92 Å². The van der Waals surface area contributed by atoms with Gasteiger partial charge in [-0.3, -0.25) is 10.1 Å². The lowest BCUT2D eigenvalue weighted by Gasteiger charge is -2.03. The van der Waals surface area contributed by atoms with Crippen molar-refractivity contribution in [2.75, 3.05) is 12.0 Å². The summed E-state index contributed by atoms with van der Waals surface area (Å²) in [7, 11) is 0. The van der Waals surface area contributed by atoms with Gasteiger partial charge < -0.3 is 4.57 Å². The quantitative estimate of drug-likeness (QED) is 0.605. The van der Waals surface area contributed by atoms with Crippen molar-refractivity contribution in [2.45, 2.75) is 6.54 Å². The molecular formula is C11H12N2O2S. The van der Waals surface area contributed by atoms with Crippen LogP contribution in [0.5, 0.6) is 0 Å². The van der Waals surface area contributed by atoms with Gasteiger partial charge in [0.25, 0.3) is 5.69 Å². The Hall–Kier alpha value is -1.49. The molecule has 0 radical (unpaired) electrons. The Labute approximate surface area is 97.4 Å². The maximum atomic E-state index is 10.6. The summed E-state index contributed by atoms with van der Waals surface area (Å²) >= 11 is 1.79. The van der Waals surface area contributed by atoms with E-state index >= 15 is 0 Å². The minimum absolute atomic E-state index is 0.148. The molecule has 0 unspecified atom stereocenters. The third kappa shape index (κ3) is 2.04. The van der Waals surface area contributed by atoms with Gasteiger partial charge in [-0.1, -0.05) is 0 Å². The number of benzene rings is 1. The molecule has 0 saturated carbocycles. The molecule has 1 aromatic carbocycles. The predicted molar refractivity (Wildman–Crippen MR) is 67.0 cm³/mol. The molecule has 0 aliphatic heterocycles. The lowest BCUT2D eigenvalue weighted by molar-refractivity contribution is -0.384. The summed E-state index contributed by atoms with van der Waals surface area (Å²) in [5.41, 5.74) is 1.20. The van der Waals surface area contributed by atoms with Crippen LogP contribution in [0.1, 0.15) is 0 Å². The Bertz CT molecular complexity index is 522. The van der Waals surface area contributed by atoms with Gasteiger partial charge in [-0.25, -0.2) is 0 Å². The van der Waals surface area contributed by atoms with Gasteiger partial charge >= 0.3 is 0 Å². The summed E-state index contributed by atoms with van der Waals surface area (Å²) in [6, 6.07) is 6.90. The monoisotopic (exact) mass is 236 g/mol. The van der Waals surface area contributed by atoms with Crippen LogP contribution in [0, 0.1) is 10.1 Å².